The standard InChI is InChI=1S/C50H98FNO8/c1-3-5-7-9-11-13-15-17-18-19-20-21-22-23-24-25-26-27-29-31-33-35-37-39-45(55)52-42(41-59-50-49(58)48(57)46(51)44(40-53)60-50)47(56)43(54)38-36-34-32-30-28-16-14-12-10-8-6-4-2/h42-44,46-50,53-54,56-58H,3-41H2,1-2H3,(H,52,55)/t42-,43+,44+,46-,47-,48-,49+,50-/m0/s1. The molecule has 1 aliphatic heterocycles. The molecule has 10 heteroatoms. The summed E-state index contributed by atoms with van der Waals surface area (Å²) in [6.45, 7) is 3.46. The van der Waals surface area contributed by atoms with E-state index in [4.69, 9.17) is 9.47 Å². The first-order chi connectivity index (χ1) is 29.3. The minimum absolute atomic E-state index is 0.272. The quantitative estimate of drug-likeness (QED) is 0.0332. The van der Waals surface area contributed by atoms with Gasteiger partial charge in [-0.3, -0.25) is 4.79 Å². The summed E-state index contributed by atoms with van der Waals surface area (Å²) < 4.78 is 25.3. The Labute approximate surface area is 368 Å². The van der Waals surface area contributed by atoms with E-state index < -0.39 is 55.6 Å². The average Bonchev–Trinajstić information content (AvgIpc) is 3.25. The van der Waals surface area contributed by atoms with Crippen molar-refractivity contribution in [2.75, 3.05) is 13.2 Å². The molecule has 0 radical (unpaired) electrons. The number of aliphatic hydroxyl groups is 5. The van der Waals surface area contributed by atoms with Gasteiger partial charge in [0.1, 0.15) is 24.4 Å². The van der Waals surface area contributed by atoms with Crippen LogP contribution in [-0.4, -0.2) is 93.7 Å². The molecule has 0 spiro atoms. The molecular weight excluding hydrogens is 762 g/mol. The lowest BCUT2D eigenvalue weighted by atomic mass is 9.98. The zero-order valence-corrected chi connectivity index (χ0v) is 39.0. The third-order valence-electron chi connectivity index (χ3n) is 12.8. The second kappa shape index (κ2) is 40.9. The van der Waals surface area contributed by atoms with E-state index in [1.54, 1.807) is 0 Å². The average molecular weight is 860 g/mol. The lowest BCUT2D eigenvalue weighted by Gasteiger charge is -2.39. The van der Waals surface area contributed by atoms with Crippen molar-refractivity contribution in [3.63, 3.8) is 0 Å². The second-order valence-corrected chi connectivity index (χ2v) is 18.4. The Bertz CT molecular complexity index is 931. The lowest BCUT2D eigenvalue weighted by molar-refractivity contribution is -0.293. The van der Waals surface area contributed by atoms with Crippen LogP contribution in [0.5, 0.6) is 0 Å². The van der Waals surface area contributed by atoms with Crippen LogP contribution in [0.2, 0.25) is 0 Å². The Morgan fingerprint density at radius 2 is 0.917 bits per heavy atom. The number of hydrogen-bond donors (Lipinski definition) is 6. The summed E-state index contributed by atoms with van der Waals surface area (Å²) in [7, 11) is 0. The summed E-state index contributed by atoms with van der Waals surface area (Å²) in [5.74, 6) is -0.272. The first-order valence-corrected chi connectivity index (χ1v) is 25.8. The van der Waals surface area contributed by atoms with Crippen molar-refractivity contribution in [3.8, 4) is 0 Å². The molecule has 1 fully saturated rings. The van der Waals surface area contributed by atoms with Gasteiger partial charge in [-0.05, 0) is 12.8 Å². The minimum atomic E-state index is -1.99. The van der Waals surface area contributed by atoms with Crippen molar-refractivity contribution in [3.05, 3.63) is 0 Å². The van der Waals surface area contributed by atoms with Crippen LogP contribution in [0.3, 0.4) is 0 Å². The number of unbranched alkanes of at least 4 members (excludes halogenated alkanes) is 33. The highest BCUT2D eigenvalue weighted by Gasteiger charge is 2.45. The number of aliphatic hydroxyl groups excluding tert-OH is 5. The summed E-state index contributed by atoms with van der Waals surface area (Å²) in [4.78, 5) is 13.0. The zero-order chi connectivity index (χ0) is 43.9. The van der Waals surface area contributed by atoms with E-state index in [1.807, 2.05) is 0 Å². The van der Waals surface area contributed by atoms with Gasteiger partial charge >= 0.3 is 0 Å². The van der Waals surface area contributed by atoms with Crippen molar-refractivity contribution in [2.24, 2.45) is 0 Å². The molecular formula is C50H98FNO8. The normalized spacial score (nSPS) is 21.0. The summed E-state index contributed by atoms with van der Waals surface area (Å²) in [5, 5.41) is 54.8. The summed E-state index contributed by atoms with van der Waals surface area (Å²) >= 11 is 0. The van der Waals surface area contributed by atoms with Gasteiger partial charge in [0.05, 0.1) is 25.4 Å². The predicted molar refractivity (Wildman–Crippen MR) is 245 cm³/mol. The molecule has 0 aromatic heterocycles. The van der Waals surface area contributed by atoms with Crippen LogP contribution in [-0.2, 0) is 14.3 Å². The molecule has 8 atom stereocenters. The molecule has 358 valence electrons. The van der Waals surface area contributed by atoms with Gasteiger partial charge in [-0.25, -0.2) is 4.39 Å². The molecule has 1 aliphatic rings. The molecule has 6 N–H and O–H groups in total. The van der Waals surface area contributed by atoms with Gasteiger partial charge < -0.3 is 40.3 Å². The first kappa shape index (κ1) is 57.1. The van der Waals surface area contributed by atoms with Gasteiger partial charge in [0.25, 0.3) is 0 Å². The van der Waals surface area contributed by atoms with E-state index in [0.717, 1.165) is 44.9 Å². The van der Waals surface area contributed by atoms with Crippen molar-refractivity contribution >= 4 is 5.91 Å². The molecule has 1 rings (SSSR count). The van der Waals surface area contributed by atoms with Crippen LogP contribution in [0.4, 0.5) is 4.39 Å². The third kappa shape index (κ3) is 30.2. The summed E-state index contributed by atoms with van der Waals surface area (Å²) in [6.07, 6.45) is 34.0. The highest BCUT2D eigenvalue weighted by Crippen LogP contribution is 2.25. The van der Waals surface area contributed by atoms with Crippen LogP contribution >= 0.6 is 0 Å². The zero-order valence-electron chi connectivity index (χ0n) is 39.0. The molecule has 60 heavy (non-hydrogen) atoms. The fraction of sp³-hybridized carbons (Fsp3) is 0.980. The SMILES string of the molecule is CCCCCCCCCCCCCCCCCCCCCCCCCC(=O)N[C@@H](CO[C@H]1O[C@H](CO)[C@H](F)[C@H](O)[C@H]1O)[C@H](O)[C@H](O)CCCCCCCCCCCCCC. The van der Waals surface area contributed by atoms with Gasteiger partial charge in [0, 0.05) is 6.42 Å². The van der Waals surface area contributed by atoms with E-state index in [-0.39, 0.29) is 18.9 Å². The molecule has 1 heterocycles. The van der Waals surface area contributed by atoms with Crippen molar-refractivity contribution < 1.29 is 44.2 Å². The summed E-state index contributed by atoms with van der Waals surface area (Å²) in [5.41, 5.74) is 0. The van der Waals surface area contributed by atoms with Crippen LogP contribution in [0, 0.1) is 0 Å². The minimum Gasteiger partial charge on any atom is -0.394 e. The second-order valence-electron chi connectivity index (χ2n) is 18.4. The van der Waals surface area contributed by atoms with E-state index in [1.165, 1.54) is 173 Å². The smallest absolute Gasteiger partial charge is 0.220 e. The summed E-state index contributed by atoms with van der Waals surface area (Å²) in [6, 6.07) is -1.02. The number of halogens is 1. The number of rotatable bonds is 44. The largest absolute Gasteiger partial charge is 0.394 e. The van der Waals surface area contributed by atoms with Gasteiger partial charge in [0.15, 0.2) is 12.5 Å². The highest BCUT2D eigenvalue weighted by molar-refractivity contribution is 5.76. The van der Waals surface area contributed by atoms with Crippen LogP contribution in [0.1, 0.15) is 251 Å². The molecule has 0 aromatic rings. The number of carbonyl (C=O) groups is 1. The van der Waals surface area contributed by atoms with E-state index in [2.05, 4.69) is 19.2 Å². The Morgan fingerprint density at radius 1 is 0.567 bits per heavy atom. The topological polar surface area (TPSA) is 149 Å². The maximum atomic E-state index is 14.3. The number of carbonyl (C=O) groups excluding carboxylic acids is 1. The van der Waals surface area contributed by atoms with Crippen LogP contribution in [0.25, 0.3) is 0 Å². The van der Waals surface area contributed by atoms with Gasteiger partial charge in [0.2, 0.25) is 5.91 Å². The Hall–Kier alpha value is -0.880. The number of ether oxygens (including phenoxy) is 2. The monoisotopic (exact) mass is 860 g/mol. The molecule has 0 aromatic carbocycles. The Kier molecular flexibility index (Phi) is 38.9. The fourth-order valence-electron chi connectivity index (χ4n) is 8.59. The lowest BCUT2D eigenvalue weighted by Crippen LogP contribution is -2.59. The molecule has 9 nitrogen and oxygen atoms in total. The molecule has 0 unspecified atom stereocenters. The Balaban J connectivity index is 2.26. The first-order valence-electron chi connectivity index (χ1n) is 25.8. The van der Waals surface area contributed by atoms with E-state index in [9.17, 15) is 34.7 Å². The molecule has 0 bridgehead atoms. The number of amides is 1. The molecule has 0 aliphatic carbocycles. The van der Waals surface area contributed by atoms with Crippen molar-refractivity contribution in [1.29, 1.82) is 0 Å². The van der Waals surface area contributed by atoms with Gasteiger partial charge in [-0.2, -0.15) is 0 Å². The maximum absolute atomic E-state index is 14.3. The Morgan fingerprint density at radius 3 is 1.28 bits per heavy atom. The van der Waals surface area contributed by atoms with E-state index >= 15 is 0 Å². The molecule has 1 amide bonds. The highest BCUT2D eigenvalue weighted by atomic mass is 19.1. The van der Waals surface area contributed by atoms with Gasteiger partial charge in [-0.15, -0.1) is 0 Å². The molecule has 0 saturated carbocycles. The van der Waals surface area contributed by atoms with E-state index in [0.29, 0.717) is 12.8 Å². The van der Waals surface area contributed by atoms with Gasteiger partial charge in [-0.1, -0.05) is 232 Å². The number of alkyl halides is 1. The number of hydrogen-bond acceptors (Lipinski definition) is 8. The van der Waals surface area contributed by atoms with Crippen molar-refractivity contribution in [1.82, 2.24) is 5.32 Å². The molecule has 1 saturated heterocycles. The fourth-order valence-corrected chi connectivity index (χ4v) is 8.59. The van der Waals surface area contributed by atoms with Crippen molar-refractivity contribution in [2.45, 2.75) is 300 Å². The maximum Gasteiger partial charge on any atom is 0.220 e. The third-order valence-corrected chi connectivity index (χ3v) is 12.8. The number of nitrogens with one attached hydrogen (secondary N) is 1. The van der Waals surface area contributed by atoms with Crippen LogP contribution < -0.4 is 5.32 Å². The predicted octanol–water partition coefficient (Wildman–Crippen LogP) is 11.5. The van der Waals surface area contributed by atoms with Crippen LogP contribution in [0.15, 0.2) is 0 Å².